The molecular formula is C14H21Br. The standard InChI is InChI=1S/C14H21Br/c1-4-5-6-7-13-8-9-14(12(3)15)10-11(13)2/h8-10,12H,4-7H2,1-3H3. The molecule has 0 bridgehead atoms. The van der Waals surface area contributed by atoms with E-state index in [9.17, 15) is 0 Å². The van der Waals surface area contributed by atoms with E-state index in [4.69, 9.17) is 0 Å². The molecule has 0 aliphatic carbocycles. The van der Waals surface area contributed by atoms with Crippen LogP contribution < -0.4 is 0 Å². The molecule has 1 heteroatoms. The lowest BCUT2D eigenvalue weighted by atomic mass is 9.99. The number of benzene rings is 1. The lowest BCUT2D eigenvalue weighted by Crippen LogP contribution is -1.93. The van der Waals surface area contributed by atoms with Gasteiger partial charge in [-0.2, -0.15) is 0 Å². The predicted molar refractivity (Wildman–Crippen MR) is 71.8 cm³/mol. The molecule has 0 aliphatic heterocycles. The third-order valence-corrected chi connectivity index (χ3v) is 3.40. The molecular weight excluding hydrogens is 248 g/mol. The maximum atomic E-state index is 3.61. The molecule has 0 N–H and O–H groups in total. The Hall–Kier alpha value is -0.300. The van der Waals surface area contributed by atoms with Gasteiger partial charge in [-0.1, -0.05) is 53.9 Å². The SMILES string of the molecule is CCCCCc1ccc(C(C)Br)cc1C. The van der Waals surface area contributed by atoms with Crippen molar-refractivity contribution < 1.29 is 0 Å². The van der Waals surface area contributed by atoms with E-state index in [-0.39, 0.29) is 0 Å². The summed E-state index contributed by atoms with van der Waals surface area (Å²) in [5.41, 5.74) is 4.34. The largest absolute Gasteiger partial charge is 0.0842 e. The Kier molecular flexibility index (Phi) is 5.38. The highest BCUT2D eigenvalue weighted by molar-refractivity contribution is 9.09. The van der Waals surface area contributed by atoms with E-state index < -0.39 is 0 Å². The van der Waals surface area contributed by atoms with Crippen molar-refractivity contribution in [3.63, 3.8) is 0 Å². The van der Waals surface area contributed by atoms with Gasteiger partial charge in [-0.3, -0.25) is 0 Å². The number of rotatable bonds is 5. The number of alkyl halides is 1. The summed E-state index contributed by atoms with van der Waals surface area (Å²) in [6, 6.07) is 6.84. The van der Waals surface area contributed by atoms with E-state index in [1.54, 1.807) is 0 Å². The summed E-state index contributed by atoms with van der Waals surface area (Å²) in [6.07, 6.45) is 5.20. The van der Waals surface area contributed by atoms with Crippen LogP contribution in [0.25, 0.3) is 0 Å². The van der Waals surface area contributed by atoms with Crippen molar-refractivity contribution in [3.8, 4) is 0 Å². The van der Waals surface area contributed by atoms with Crippen LogP contribution in [0.3, 0.4) is 0 Å². The van der Waals surface area contributed by atoms with E-state index >= 15 is 0 Å². The lowest BCUT2D eigenvalue weighted by molar-refractivity contribution is 0.715. The van der Waals surface area contributed by atoms with E-state index in [1.165, 1.54) is 42.4 Å². The fourth-order valence-corrected chi connectivity index (χ4v) is 2.10. The molecule has 0 nitrogen and oxygen atoms in total. The van der Waals surface area contributed by atoms with E-state index in [0.29, 0.717) is 4.83 Å². The summed E-state index contributed by atoms with van der Waals surface area (Å²) in [5.74, 6) is 0. The summed E-state index contributed by atoms with van der Waals surface area (Å²) in [7, 11) is 0. The van der Waals surface area contributed by atoms with Gasteiger partial charge >= 0.3 is 0 Å². The van der Waals surface area contributed by atoms with Gasteiger partial charge in [0.15, 0.2) is 0 Å². The minimum atomic E-state index is 0.459. The molecule has 0 amide bonds. The molecule has 0 spiro atoms. The average Bonchev–Trinajstić information content (AvgIpc) is 2.20. The quantitative estimate of drug-likeness (QED) is 0.510. The van der Waals surface area contributed by atoms with Crippen LogP contribution in [0.1, 0.15) is 54.6 Å². The Morgan fingerprint density at radius 3 is 2.53 bits per heavy atom. The van der Waals surface area contributed by atoms with Gasteiger partial charge in [0.2, 0.25) is 0 Å². The molecule has 1 rings (SSSR count). The van der Waals surface area contributed by atoms with Crippen LogP contribution in [0.4, 0.5) is 0 Å². The van der Waals surface area contributed by atoms with Crippen molar-refractivity contribution in [1.82, 2.24) is 0 Å². The average molecular weight is 269 g/mol. The smallest absolute Gasteiger partial charge is 0.0367 e. The number of aryl methyl sites for hydroxylation is 2. The number of hydrogen-bond donors (Lipinski definition) is 0. The van der Waals surface area contributed by atoms with E-state index in [0.717, 1.165) is 0 Å². The van der Waals surface area contributed by atoms with Crippen molar-refractivity contribution in [1.29, 1.82) is 0 Å². The van der Waals surface area contributed by atoms with Crippen LogP contribution in [0.2, 0.25) is 0 Å². The van der Waals surface area contributed by atoms with Gasteiger partial charge in [0.05, 0.1) is 0 Å². The minimum absolute atomic E-state index is 0.459. The molecule has 0 saturated heterocycles. The maximum absolute atomic E-state index is 3.61. The molecule has 0 aromatic heterocycles. The zero-order valence-corrected chi connectivity index (χ0v) is 11.6. The Morgan fingerprint density at radius 2 is 2.00 bits per heavy atom. The topological polar surface area (TPSA) is 0 Å². The first-order valence-electron chi connectivity index (χ1n) is 5.88. The predicted octanol–water partition coefficient (Wildman–Crippen LogP) is 5.18. The summed E-state index contributed by atoms with van der Waals surface area (Å²) in [4.78, 5) is 0.459. The third-order valence-electron chi connectivity index (χ3n) is 2.88. The van der Waals surface area contributed by atoms with Crippen LogP contribution in [0, 0.1) is 6.92 Å². The van der Waals surface area contributed by atoms with Gasteiger partial charge in [0.1, 0.15) is 0 Å². The highest BCUT2D eigenvalue weighted by Gasteiger charge is 2.03. The summed E-state index contributed by atoms with van der Waals surface area (Å²) >= 11 is 3.61. The van der Waals surface area contributed by atoms with Crippen LogP contribution in [0.15, 0.2) is 18.2 Å². The van der Waals surface area contributed by atoms with Crippen molar-refractivity contribution in [2.24, 2.45) is 0 Å². The Balaban J connectivity index is 2.66. The first-order valence-corrected chi connectivity index (χ1v) is 6.80. The molecule has 1 unspecified atom stereocenters. The zero-order chi connectivity index (χ0) is 11.3. The number of hydrogen-bond acceptors (Lipinski definition) is 0. The van der Waals surface area contributed by atoms with Crippen LogP contribution in [-0.4, -0.2) is 0 Å². The zero-order valence-electron chi connectivity index (χ0n) is 10.0. The van der Waals surface area contributed by atoms with Crippen LogP contribution >= 0.6 is 15.9 Å². The van der Waals surface area contributed by atoms with E-state index in [2.05, 4.69) is 54.9 Å². The van der Waals surface area contributed by atoms with Crippen molar-refractivity contribution in [2.75, 3.05) is 0 Å². The third kappa shape index (κ3) is 3.98. The molecule has 0 saturated carbocycles. The van der Waals surface area contributed by atoms with E-state index in [1.807, 2.05) is 0 Å². The summed E-state index contributed by atoms with van der Waals surface area (Å²) in [6.45, 7) is 6.65. The summed E-state index contributed by atoms with van der Waals surface area (Å²) < 4.78 is 0. The Morgan fingerprint density at radius 1 is 1.27 bits per heavy atom. The van der Waals surface area contributed by atoms with Crippen molar-refractivity contribution in [2.45, 2.75) is 51.3 Å². The monoisotopic (exact) mass is 268 g/mol. The molecule has 1 aromatic rings. The normalized spacial score (nSPS) is 12.8. The summed E-state index contributed by atoms with van der Waals surface area (Å²) in [5, 5.41) is 0. The minimum Gasteiger partial charge on any atom is -0.0842 e. The van der Waals surface area contributed by atoms with Crippen molar-refractivity contribution >= 4 is 15.9 Å². The fourth-order valence-electron chi connectivity index (χ4n) is 1.81. The van der Waals surface area contributed by atoms with Gasteiger partial charge in [0.25, 0.3) is 0 Å². The van der Waals surface area contributed by atoms with Gasteiger partial charge < -0.3 is 0 Å². The molecule has 84 valence electrons. The molecule has 0 aliphatic rings. The lowest BCUT2D eigenvalue weighted by Gasteiger charge is -2.09. The molecule has 0 heterocycles. The molecule has 0 fully saturated rings. The van der Waals surface area contributed by atoms with Gasteiger partial charge in [-0.15, -0.1) is 0 Å². The van der Waals surface area contributed by atoms with Gasteiger partial charge in [-0.25, -0.2) is 0 Å². The number of halogens is 1. The molecule has 0 radical (unpaired) electrons. The second-order valence-corrected chi connectivity index (χ2v) is 5.63. The first-order chi connectivity index (χ1) is 7.15. The Labute approximate surface area is 102 Å². The van der Waals surface area contributed by atoms with Crippen molar-refractivity contribution in [3.05, 3.63) is 34.9 Å². The van der Waals surface area contributed by atoms with Crippen LogP contribution in [-0.2, 0) is 6.42 Å². The first kappa shape index (κ1) is 12.8. The fraction of sp³-hybridized carbons (Fsp3) is 0.571. The van der Waals surface area contributed by atoms with Crippen LogP contribution in [0.5, 0.6) is 0 Å². The number of unbranched alkanes of at least 4 members (excludes halogenated alkanes) is 2. The van der Waals surface area contributed by atoms with Gasteiger partial charge in [-0.05, 0) is 43.4 Å². The molecule has 1 atom stereocenters. The highest BCUT2D eigenvalue weighted by Crippen LogP contribution is 2.24. The second kappa shape index (κ2) is 6.32. The second-order valence-electron chi connectivity index (χ2n) is 4.26. The van der Waals surface area contributed by atoms with Gasteiger partial charge in [0, 0.05) is 4.83 Å². The molecule has 15 heavy (non-hydrogen) atoms. The molecule has 1 aromatic carbocycles. The maximum Gasteiger partial charge on any atom is 0.0367 e. The Bertz CT molecular complexity index is 302. The highest BCUT2D eigenvalue weighted by atomic mass is 79.9.